The highest BCUT2D eigenvalue weighted by molar-refractivity contribution is 6.30. The highest BCUT2D eigenvalue weighted by atomic mass is 35.5. The Labute approximate surface area is 121 Å². The lowest BCUT2D eigenvalue weighted by molar-refractivity contribution is -0.385. The van der Waals surface area contributed by atoms with Gasteiger partial charge in [-0.05, 0) is 12.1 Å². The van der Waals surface area contributed by atoms with Crippen LogP contribution in [0, 0.1) is 10.1 Å². The molecular weight excluding hydrogens is 288 g/mol. The summed E-state index contributed by atoms with van der Waals surface area (Å²) in [5, 5.41) is 23.7. The van der Waals surface area contributed by atoms with Crippen LogP contribution in [-0.4, -0.2) is 49.5 Å². The number of aliphatic hydroxyl groups excluding tert-OH is 1. The van der Waals surface area contributed by atoms with Gasteiger partial charge in [0.15, 0.2) is 5.75 Å². The van der Waals surface area contributed by atoms with Crippen LogP contribution in [0.15, 0.2) is 18.2 Å². The Morgan fingerprint density at radius 2 is 2.30 bits per heavy atom. The Morgan fingerprint density at radius 3 is 2.95 bits per heavy atom. The van der Waals surface area contributed by atoms with Crippen LogP contribution in [0.25, 0.3) is 0 Å². The number of halogens is 1. The summed E-state index contributed by atoms with van der Waals surface area (Å²) in [5.74, 6) is 0.0790. The van der Waals surface area contributed by atoms with Crippen LogP contribution in [0.1, 0.15) is 0 Å². The third-order valence-corrected chi connectivity index (χ3v) is 2.65. The summed E-state index contributed by atoms with van der Waals surface area (Å²) < 4.78 is 10.1. The molecule has 0 saturated carbocycles. The maximum Gasteiger partial charge on any atom is 0.312 e. The minimum absolute atomic E-state index is 0.0531. The van der Waals surface area contributed by atoms with Crippen molar-refractivity contribution in [1.82, 2.24) is 5.32 Å². The van der Waals surface area contributed by atoms with Gasteiger partial charge < -0.3 is 19.9 Å². The number of rotatable bonds is 9. The monoisotopic (exact) mass is 304 g/mol. The van der Waals surface area contributed by atoms with E-state index in [1.54, 1.807) is 7.11 Å². The van der Waals surface area contributed by atoms with Crippen LogP contribution in [0.2, 0.25) is 5.02 Å². The molecule has 0 aliphatic rings. The Morgan fingerprint density at radius 1 is 1.55 bits per heavy atom. The molecule has 0 spiro atoms. The van der Waals surface area contributed by atoms with Crippen molar-refractivity contribution < 1.29 is 19.5 Å². The van der Waals surface area contributed by atoms with Gasteiger partial charge in [0.25, 0.3) is 0 Å². The second-order valence-electron chi connectivity index (χ2n) is 4.03. The Balaban J connectivity index is 2.46. The number of ether oxygens (including phenoxy) is 2. The van der Waals surface area contributed by atoms with Crippen LogP contribution >= 0.6 is 11.6 Å². The highest BCUT2D eigenvalue weighted by Crippen LogP contribution is 2.29. The molecule has 0 amide bonds. The lowest BCUT2D eigenvalue weighted by Crippen LogP contribution is -2.33. The van der Waals surface area contributed by atoms with E-state index in [0.717, 1.165) is 0 Å². The van der Waals surface area contributed by atoms with Crippen molar-refractivity contribution in [1.29, 1.82) is 0 Å². The number of nitrogens with zero attached hydrogens (tertiary/aromatic N) is 1. The third-order valence-electron chi connectivity index (χ3n) is 2.41. The number of hydrogen-bond acceptors (Lipinski definition) is 6. The molecule has 0 aliphatic heterocycles. The number of methoxy groups -OCH3 is 1. The molecule has 1 unspecified atom stereocenters. The maximum atomic E-state index is 10.8. The Bertz CT molecular complexity index is 444. The number of nitro benzene ring substituents is 1. The van der Waals surface area contributed by atoms with Crippen molar-refractivity contribution in [2.45, 2.75) is 6.10 Å². The molecule has 20 heavy (non-hydrogen) atoms. The molecule has 0 bridgehead atoms. The average Bonchev–Trinajstić information content (AvgIpc) is 2.42. The quantitative estimate of drug-likeness (QED) is 0.405. The zero-order valence-electron chi connectivity index (χ0n) is 11.0. The van der Waals surface area contributed by atoms with E-state index >= 15 is 0 Å². The smallest absolute Gasteiger partial charge is 0.312 e. The summed E-state index contributed by atoms with van der Waals surface area (Å²) in [6, 6.07) is 4.11. The van der Waals surface area contributed by atoms with E-state index in [2.05, 4.69) is 5.32 Å². The molecule has 0 saturated heterocycles. The van der Waals surface area contributed by atoms with Gasteiger partial charge in [0.2, 0.25) is 0 Å². The number of aliphatic hydroxyl groups is 1. The molecule has 0 heterocycles. The van der Waals surface area contributed by atoms with E-state index in [4.69, 9.17) is 21.1 Å². The fourth-order valence-electron chi connectivity index (χ4n) is 1.44. The summed E-state index contributed by atoms with van der Waals surface area (Å²) >= 11 is 5.69. The Kier molecular flexibility index (Phi) is 7.24. The summed E-state index contributed by atoms with van der Waals surface area (Å²) in [6.07, 6.45) is -0.776. The van der Waals surface area contributed by atoms with Crippen LogP contribution in [-0.2, 0) is 4.74 Å². The Hall–Kier alpha value is -1.41. The fraction of sp³-hybridized carbons (Fsp3) is 0.500. The zero-order chi connectivity index (χ0) is 15.0. The summed E-state index contributed by atoms with van der Waals surface area (Å²) in [5.41, 5.74) is -0.225. The molecule has 0 aliphatic carbocycles. The van der Waals surface area contributed by atoms with Crippen molar-refractivity contribution in [2.24, 2.45) is 0 Å². The molecule has 0 aromatic heterocycles. The topological polar surface area (TPSA) is 93.9 Å². The fourth-order valence-corrected chi connectivity index (χ4v) is 1.61. The van der Waals surface area contributed by atoms with Gasteiger partial charge in [-0.15, -0.1) is 0 Å². The van der Waals surface area contributed by atoms with Gasteiger partial charge in [0.1, 0.15) is 12.7 Å². The van der Waals surface area contributed by atoms with E-state index in [-0.39, 0.29) is 23.1 Å². The molecule has 112 valence electrons. The molecule has 7 nitrogen and oxygen atoms in total. The lowest BCUT2D eigenvalue weighted by atomic mass is 10.3. The number of nitro groups is 1. The van der Waals surface area contributed by atoms with Crippen LogP contribution in [0.5, 0.6) is 5.75 Å². The van der Waals surface area contributed by atoms with E-state index in [9.17, 15) is 15.2 Å². The number of hydrogen-bond donors (Lipinski definition) is 2. The standard InChI is InChI=1S/C12H17ClN2O5/c1-19-5-4-14-7-10(16)8-20-12-3-2-9(13)6-11(12)15(17)18/h2-3,6,10,14,16H,4-5,7-8H2,1H3. The van der Waals surface area contributed by atoms with Crippen molar-refractivity contribution in [3.05, 3.63) is 33.3 Å². The largest absolute Gasteiger partial charge is 0.484 e. The predicted molar refractivity (Wildman–Crippen MR) is 74.4 cm³/mol. The van der Waals surface area contributed by atoms with Crippen molar-refractivity contribution in [3.63, 3.8) is 0 Å². The second kappa shape index (κ2) is 8.70. The first-order chi connectivity index (χ1) is 9.54. The van der Waals surface area contributed by atoms with Crippen LogP contribution in [0.3, 0.4) is 0 Å². The third kappa shape index (κ3) is 5.70. The first-order valence-corrected chi connectivity index (χ1v) is 6.37. The van der Waals surface area contributed by atoms with E-state index in [0.29, 0.717) is 19.7 Å². The van der Waals surface area contributed by atoms with E-state index in [1.165, 1.54) is 18.2 Å². The number of nitrogens with one attached hydrogen (secondary N) is 1. The molecule has 0 fully saturated rings. The normalized spacial score (nSPS) is 12.2. The molecule has 1 atom stereocenters. The van der Waals surface area contributed by atoms with Gasteiger partial charge in [-0.25, -0.2) is 0 Å². The van der Waals surface area contributed by atoms with Gasteiger partial charge in [-0.1, -0.05) is 11.6 Å². The summed E-state index contributed by atoms with van der Waals surface area (Å²) in [7, 11) is 1.58. The molecule has 1 rings (SSSR count). The van der Waals surface area contributed by atoms with E-state index in [1.807, 2.05) is 0 Å². The highest BCUT2D eigenvalue weighted by Gasteiger charge is 2.16. The number of benzene rings is 1. The van der Waals surface area contributed by atoms with Crippen molar-refractivity contribution >= 4 is 17.3 Å². The molecule has 2 N–H and O–H groups in total. The van der Waals surface area contributed by atoms with E-state index < -0.39 is 11.0 Å². The minimum Gasteiger partial charge on any atom is -0.484 e. The summed E-state index contributed by atoms with van der Waals surface area (Å²) in [4.78, 5) is 10.3. The van der Waals surface area contributed by atoms with Gasteiger partial charge in [0.05, 0.1) is 11.5 Å². The SMILES string of the molecule is COCCNCC(O)COc1ccc(Cl)cc1[N+](=O)[O-]. The van der Waals surface area contributed by atoms with Crippen LogP contribution in [0.4, 0.5) is 5.69 Å². The minimum atomic E-state index is -0.776. The van der Waals surface area contributed by atoms with Crippen molar-refractivity contribution in [3.8, 4) is 5.75 Å². The molecule has 0 radical (unpaired) electrons. The first-order valence-electron chi connectivity index (χ1n) is 5.99. The van der Waals surface area contributed by atoms with Gasteiger partial charge in [-0.3, -0.25) is 10.1 Å². The first kappa shape index (κ1) is 16.6. The average molecular weight is 305 g/mol. The van der Waals surface area contributed by atoms with Crippen molar-refractivity contribution in [2.75, 3.05) is 33.4 Å². The second-order valence-corrected chi connectivity index (χ2v) is 4.47. The molecular formula is C12H17ClN2O5. The van der Waals surface area contributed by atoms with Gasteiger partial charge in [0, 0.05) is 31.3 Å². The lowest BCUT2D eigenvalue weighted by Gasteiger charge is -2.13. The predicted octanol–water partition coefficient (Wildman–Crippen LogP) is 1.22. The molecule has 8 heteroatoms. The molecule has 1 aromatic carbocycles. The summed E-state index contributed by atoms with van der Waals surface area (Å²) in [6.45, 7) is 1.40. The molecule has 1 aromatic rings. The van der Waals surface area contributed by atoms with Gasteiger partial charge in [-0.2, -0.15) is 0 Å². The van der Waals surface area contributed by atoms with Crippen LogP contribution < -0.4 is 10.1 Å². The maximum absolute atomic E-state index is 10.8. The zero-order valence-corrected chi connectivity index (χ0v) is 11.8. The van der Waals surface area contributed by atoms with Gasteiger partial charge >= 0.3 is 5.69 Å².